The predicted octanol–water partition coefficient (Wildman–Crippen LogP) is 2.62. The van der Waals surface area contributed by atoms with Crippen LogP contribution in [0.5, 0.6) is 5.88 Å². The van der Waals surface area contributed by atoms with Crippen molar-refractivity contribution >= 4 is 0 Å². The Hall–Kier alpha value is -2.16. The van der Waals surface area contributed by atoms with Gasteiger partial charge in [0.25, 0.3) is 0 Å². The normalized spacial score (nSPS) is 19.2. The van der Waals surface area contributed by atoms with E-state index in [1.54, 1.807) is 13.1 Å². The zero-order valence-corrected chi connectivity index (χ0v) is 14.1. The molecule has 1 aliphatic heterocycles. The van der Waals surface area contributed by atoms with Gasteiger partial charge in [0, 0.05) is 38.3 Å². The molecule has 3 rings (SSSR count). The number of nitrogens with zero attached hydrogens (tertiary/aromatic N) is 5. The number of methoxy groups -OCH3 is 1. The molecule has 2 aromatic heterocycles. The van der Waals surface area contributed by atoms with Gasteiger partial charge < -0.3 is 9.30 Å². The minimum Gasteiger partial charge on any atom is -0.480 e. The van der Waals surface area contributed by atoms with Gasteiger partial charge >= 0.3 is 6.18 Å². The average Bonchev–Trinajstić information content (AvgIpc) is 2.98. The second-order valence-corrected chi connectivity index (χ2v) is 6.23. The number of rotatable bonds is 4. The highest BCUT2D eigenvalue weighted by atomic mass is 19.4. The largest absolute Gasteiger partial charge is 0.480 e. The molecular formula is C16H20F3N5O. The Morgan fingerprint density at radius 1 is 1.28 bits per heavy atom. The van der Waals surface area contributed by atoms with E-state index in [0.29, 0.717) is 24.8 Å². The maximum Gasteiger partial charge on any atom is 0.434 e. The number of aryl methyl sites for hydroxylation is 1. The van der Waals surface area contributed by atoms with Crippen LogP contribution in [0.25, 0.3) is 0 Å². The Labute approximate surface area is 143 Å². The number of alkyl halides is 3. The Morgan fingerprint density at radius 3 is 2.68 bits per heavy atom. The van der Waals surface area contributed by atoms with E-state index in [2.05, 4.69) is 20.1 Å². The lowest BCUT2D eigenvalue weighted by Crippen LogP contribution is -2.35. The highest BCUT2D eigenvalue weighted by Gasteiger charge is 2.36. The van der Waals surface area contributed by atoms with Gasteiger partial charge in [0.05, 0.1) is 12.8 Å². The molecule has 0 amide bonds. The Morgan fingerprint density at radius 2 is 2.08 bits per heavy atom. The standard InChI is InChI=1S/C16H20F3N5O/c1-23-10-13(16(17,18)19)20-15(23)11-4-3-7-24(8-11)9-12-5-6-14(25-2)22-21-12/h5-6,10-11H,3-4,7-9H2,1-2H3/t11-/m1/s1. The van der Waals surface area contributed by atoms with Crippen molar-refractivity contribution in [1.29, 1.82) is 0 Å². The van der Waals surface area contributed by atoms with E-state index in [1.165, 1.54) is 11.7 Å². The molecule has 1 atom stereocenters. The minimum atomic E-state index is -4.41. The van der Waals surface area contributed by atoms with E-state index in [4.69, 9.17) is 4.74 Å². The second kappa shape index (κ2) is 6.99. The van der Waals surface area contributed by atoms with Crippen LogP contribution in [-0.2, 0) is 19.8 Å². The van der Waals surface area contributed by atoms with Crippen LogP contribution < -0.4 is 4.74 Å². The van der Waals surface area contributed by atoms with Crippen molar-refractivity contribution in [2.45, 2.75) is 31.5 Å². The topological polar surface area (TPSA) is 56.1 Å². The summed E-state index contributed by atoms with van der Waals surface area (Å²) >= 11 is 0. The lowest BCUT2D eigenvalue weighted by molar-refractivity contribution is -0.141. The quantitative estimate of drug-likeness (QED) is 0.844. The van der Waals surface area contributed by atoms with Crippen LogP contribution in [-0.4, -0.2) is 44.8 Å². The molecule has 0 N–H and O–H groups in total. The number of hydrogen-bond donors (Lipinski definition) is 0. The number of halogens is 3. The van der Waals surface area contributed by atoms with Gasteiger partial charge in [-0.05, 0) is 25.5 Å². The van der Waals surface area contributed by atoms with Crippen molar-refractivity contribution in [2.24, 2.45) is 7.05 Å². The highest BCUT2D eigenvalue weighted by molar-refractivity contribution is 5.13. The molecule has 9 heteroatoms. The number of hydrogen-bond acceptors (Lipinski definition) is 5. The summed E-state index contributed by atoms with van der Waals surface area (Å²) in [6.07, 6.45) is -1.62. The Bertz CT molecular complexity index is 714. The molecule has 0 radical (unpaired) electrons. The van der Waals surface area contributed by atoms with Crippen LogP contribution in [0.2, 0.25) is 0 Å². The van der Waals surface area contributed by atoms with Gasteiger partial charge in [0.1, 0.15) is 5.82 Å². The van der Waals surface area contributed by atoms with E-state index in [0.717, 1.165) is 31.3 Å². The summed E-state index contributed by atoms with van der Waals surface area (Å²) in [6, 6.07) is 3.59. The summed E-state index contributed by atoms with van der Waals surface area (Å²) in [6.45, 7) is 2.13. The van der Waals surface area contributed by atoms with Gasteiger partial charge in [0.15, 0.2) is 5.69 Å². The van der Waals surface area contributed by atoms with Crippen LogP contribution in [0.15, 0.2) is 18.3 Å². The first kappa shape index (κ1) is 17.7. The maximum atomic E-state index is 12.9. The summed E-state index contributed by atoms with van der Waals surface area (Å²) in [5.74, 6) is 0.909. The summed E-state index contributed by atoms with van der Waals surface area (Å²) in [7, 11) is 3.15. The van der Waals surface area contributed by atoms with E-state index >= 15 is 0 Å². The molecule has 3 heterocycles. The molecule has 1 saturated heterocycles. The van der Waals surface area contributed by atoms with Crippen molar-refractivity contribution in [2.75, 3.05) is 20.2 Å². The number of ether oxygens (including phenoxy) is 1. The number of aromatic nitrogens is 4. The molecule has 1 aliphatic rings. The third-order valence-corrected chi connectivity index (χ3v) is 4.36. The summed E-state index contributed by atoms with van der Waals surface area (Å²) in [4.78, 5) is 6.01. The highest BCUT2D eigenvalue weighted by Crippen LogP contribution is 2.32. The SMILES string of the molecule is COc1ccc(CN2CCC[C@@H](c3nc(C(F)(F)F)cn3C)C2)nn1. The molecule has 0 aliphatic carbocycles. The van der Waals surface area contributed by atoms with Crippen LogP contribution in [0.3, 0.4) is 0 Å². The lowest BCUT2D eigenvalue weighted by atomic mass is 9.97. The van der Waals surface area contributed by atoms with Crippen LogP contribution >= 0.6 is 0 Å². The fourth-order valence-electron chi connectivity index (χ4n) is 3.18. The van der Waals surface area contributed by atoms with Gasteiger partial charge in [0.2, 0.25) is 5.88 Å². The second-order valence-electron chi connectivity index (χ2n) is 6.23. The molecule has 2 aromatic rings. The summed E-state index contributed by atoms with van der Waals surface area (Å²) in [5, 5.41) is 8.05. The Kier molecular flexibility index (Phi) is 4.94. The third kappa shape index (κ3) is 4.09. The molecule has 1 fully saturated rings. The molecular weight excluding hydrogens is 335 g/mol. The number of imidazole rings is 1. The third-order valence-electron chi connectivity index (χ3n) is 4.36. The molecule has 0 aromatic carbocycles. The minimum absolute atomic E-state index is 0.0268. The molecule has 25 heavy (non-hydrogen) atoms. The fraction of sp³-hybridized carbons (Fsp3) is 0.562. The summed E-state index contributed by atoms with van der Waals surface area (Å²) < 4.78 is 45.1. The van der Waals surface area contributed by atoms with Crippen LogP contribution in [0.4, 0.5) is 13.2 Å². The predicted molar refractivity (Wildman–Crippen MR) is 84.0 cm³/mol. The van der Waals surface area contributed by atoms with Crippen LogP contribution in [0.1, 0.15) is 36.0 Å². The van der Waals surface area contributed by atoms with Gasteiger partial charge in [-0.2, -0.15) is 18.3 Å². The van der Waals surface area contributed by atoms with E-state index < -0.39 is 11.9 Å². The first-order valence-corrected chi connectivity index (χ1v) is 8.06. The molecule has 0 saturated carbocycles. The molecule has 136 valence electrons. The first-order valence-electron chi connectivity index (χ1n) is 8.06. The van der Waals surface area contributed by atoms with E-state index in [9.17, 15) is 13.2 Å². The van der Waals surface area contributed by atoms with Crippen molar-refractivity contribution in [3.05, 3.63) is 35.5 Å². The van der Waals surface area contributed by atoms with Crippen molar-refractivity contribution in [3.8, 4) is 5.88 Å². The van der Waals surface area contributed by atoms with Crippen LogP contribution in [0, 0.1) is 0 Å². The maximum absolute atomic E-state index is 12.9. The Balaban J connectivity index is 1.69. The molecule has 0 bridgehead atoms. The fourth-order valence-corrected chi connectivity index (χ4v) is 3.18. The number of piperidine rings is 1. The van der Waals surface area contributed by atoms with Gasteiger partial charge in [-0.25, -0.2) is 4.98 Å². The molecule has 0 unspecified atom stereocenters. The zero-order chi connectivity index (χ0) is 18.0. The van der Waals surface area contributed by atoms with Gasteiger partial charge in [-0.15, -0.1) is 5.10 Å². The molecule has 6 nitrogen and oxygen atoms in total. The monoisotopic (exact) mass is 355 g/mol. The van der Waals surface area contributed by atoms with Crippen molar-refractivity contribution in [3.63, 3.8) is 0 Å². The molecule has 0 spiro atoms. The lowest BCUT2D eigenvalue weighted by Gasteiger charge is -2.32. The first-order chi connectivity index (χ1) is 11.9. The average molecular weight is 355 g/mol. The van der Waals surface area contributed by atoms with Crippen molar-refractivity contribution in [1.82, 2.24) is 24.6 Å². The van der Waals surface area contributed by atoms with Crippen molar-refractivity contribution < 1.29 is 17.9 Å². The van der Waals surface area contributed by atoms with Gasteiger partial charge in [-0.3, -0.25) is 4.90 Å². The summed E-state index contributed by atoms with van der Waals surface area (Å²) in [5.41, 5.74) is -0.0274. The zero-order valence-electron chi connectivity index (χ0n) is 14.1. The van der Waals surface area contributed by atoms with E-state index in [1.807, 2.05) is 6.07 Å². The van der Waals surface area contributed by atoms with Gasteiger partial charge in [-0.1, -0.05) is 0 Å². The number of likely N-dealkylation sites (tertiary alicyclic amines) is 1. The van der Waals surface area contributed by atoms with E-state index in [-0.39, 0.29) is 5.92 Å². The smallest absolute Gasteiger partial charge is 0.434 e.